The lowest BCUT2D eigenvalue weighted by Gasteiger charge is -2.02. The lowest BCUT2D eigenvalue weighted by Crippen LogP contribution is -1.93. The second kappa shape index (κ2) is 5.91. The Kier molecular flexibility index (Phi) is 3.58. The highest BCUT2D eigenvalue weighted by atomic mass is 35.5. The minimum absolute atomic E-state index is 0.00672. The third-order valence-electron chi connectivity index (χ3n) is 3.58. The molecule has 0 aliphatic carbocycles. The number of aliphatic imine (C=N–C) groups is 1. The van der Waals surface area contributed by atoms with Crippen molar-refractivity contribution in [2.45, 2.75) is 0 Å². The van der Waals surface area contributed by atoms with E-state index < -0.39 is 4.92 Å². The zero-order valence-corrected chi connectivity index (χ0v) is 13.3. The van der Waals surface area contributed by atoms with Crippen LogP contribution in [-0.4, -0.2) is 30.7 Å². The van der Waals surface area contributed by atoms with Crippen molar-refractivity contribution in [2.24, 2.45) is 4.99 Å². The third-order valence-corrected chi connectivity index (χ3v) is 3.84. The van der Waals surface area contributed by atoms with Crippen LogP contribution in [-0.2, 0) is 0 Å². The standard InChI is InChI=1S/C16H9ClN6O2/c17-14-15-20-21-16(22(15)13-7-2-1-6-12(13)19-14)18-9-10-4-3-5-11(8-10)23(24)25/h1-9H/b18-9+. The van der Waals surface area contributed by atoms with Gasteiger partial charge < -0.3 is 0 Å². The molecule has 2 heterocycles. The number of aromatic nitrogens is 4. The van der Waals surface area contributed by atoms with Crippen LogP contribution in [0.25, 0.3) is 16.7 Å². The van der Waals surface area contributed by atoms with E-state index in [1.54, 1.807) is 16.5 Å². The summed E-state index contributed by atoms with van der Waals surface area (Å²) < 4.78 is 1.69. The number of para-hydroxylation sites is 2. The summed E-state index contributed by atoms with van der Waals surface area (Å²) in [5.41, 5.74) is 2.42. The molecule has 2 aromatic carbocycles. The molecule has 0 bridgehead atoms. The SMILES string of the molecule is O=[N+]([O-])c1cccc(/C=N/c2nnc3c(Cl)nc4ccccc4n23)c1. The van der Waals surface area contributed by atoms with E-state index >= 15 is 0 Å². The summed E-state index contributed by atoms with van der Waals surface area (Å²) in [4.78, 5) is 19.0. The molecule has 0 saturated carbocycles. The number of non-ortho nitro benzene ring substituents is 1. The van der Waals surface area contributed by atoms with Crippen molar-refractivity contribution in [2.75, 3.05) is 0 Å². The minimum atomic E-state index is -0.456. The first kappa shape index (κ1) is 15.2. The summed E-state index contributed by atoms with van der Waals surface area (Å²) in [6.45, 7) is 0. The Morgan fingerprint density at radius 3 is 2.84 bits per heavy atom. The number of nitro benzene ring substituents is 1. The number of rotatable bonds is 3. The zero-order valence-electron chi connectivity index (χ0n) is 12.6. The summed E-state index contributed by atoms with van der Waals surface area (Å²) in [5.74, 6) is 0.307. The Balaban J connectivity index is 1.85. The van der Waals surface area contributed by atoms with Crippen LogP contribution in [0.3, 0.4) is 0 Å². The molecule has 2 aromatic heterocycles. The summed E-state index contributed by atoms with van der Waals surface area (Å²) in [5, 5.41) is 19.1. The van der Waals surface area contributed by atoms with Gasteiger partial charge in [0.25, 0.3) is 11.6 Å². The summed E-state index contributed by atoms with van der Waals surface area (Å²) in [6.07, 6.45) is 1.49. The van der Waals surface area contributed by atoms with Gasteiger partial charge in [0, 0.05) is 18.3 Å². The van der Waals surface area contributed by atoms with Gasteiger partial charge >= 0.3 is 0 Å². The quantitative estimate of drug-likeness (QED) is 0.319. The Morgan fingerprint density at radius 2 is 2.00 bits per heavy atom. The highest BCUT2D eigenvalue weighted by Crippen LogP contribution is 2.24. The van der Waals surface area contributed by atoms with Crippen LogP contribution in [0.15, 0.2) is 53.5 Å². The van der Waals surface area contributed by atoms with Crippen molar-refractivity contribution in [3.05, 3.63) is 69.4 Å². The highest BCUT2D eigenvalue weighted by Gasteiger charge is 2.13. The van der Waals surface area contributed by atoms with E-state index in [0.717, 1.165) is 5.52 Å². The molecule has 0 atom stereocenters. The van der Waals surface area contributed by atoms with Gasteiger partial charge in [-0.25, -0.2) is 9.98 Å². The summed E-state index contributed by atoms with van der Waals surface area (Å²) in [6, 6.07) is 13.6. The van der Waals surface area contributed by atoms with Crippen molar-refractivity contribution < 1.29 is 4.92 Å². The van der Waals surface area contributed by atoms with E-state index in [-0.39, 0.29) is 10.8 Å². The first-order valence-corrected chi connectivity index (χ1v) is 7.59. The molecule has 25 heavy (non-hydrogen) atoms. The lowest BCUT2D eigenvalue weighted by atomic mass is 10.2. The smallest absolute Gasteiger partial charge is 0.258 e. The minimum Gasteiger partial charge on any atom is -0.258 e. The largest absolute Gasteiger partial charge is 0.270 e. The Bertz CT molecular complexity index is 1150. The second-order valence-electron chi connectivity index (χ2n) is 5.16. The van der Waals surface area contributed by atoms with E-state index in [0.29, 0.717) is 22.7 Å². The highest BCUT2D eigenvalue weighted by molar-refractivity contribution is 6.32. The number of halogens is 1. The van der Waals surface area contributed by atoms with Gasteiger partial charge in [-0.05, 0) is 17.7 Å². The van der Waals surface area contributed by atoms with Crippen molar-refractivity contribution in [3.8, 4) is 0 Å². The van der Waals surface area contributed by atoms with Crippen LogP contribution in [0, 0.1) is 10.1 Å². The van der Waals surface area contributed by atoms with Gasteiger partial charge in [0.05, 0.1) is 16.0 Å². The van der Waals surface area contributed by atoms with Crippen LogP contribution >= 0.6 is 11.6 Å². The molecule has 9 heteroatoms. The molecule has 0 fully saturated rings. The molecule has 0 saturated heterocycles. The molecular formula is C16H9ClN6O2. The monoisotopic (exact) mass is 352 g/mol. The van der Waals surface area contributed by atoms with Gasteiger partial charge in [-0.1, -0.05) is 35.9 Å². The molecule has 0 unspecified atom stereocenters. The van der Waals surface area contributed by atoms with Crippen LogP contribution in [0.1, 0.15) is 5.56 Å². The number of fused-ring (bicyclic) bond motifs is 3. The zero-order chi connectivity index (χ0) is 17.4. The van der Waals surface area contributed by atoms with Gasteiger partial charge in [0.2, 0.25) is 5.65 Å². The second-order valence-corrected chi connectivity index (χ2v) is 5.52. The van der Waals surface area contributed by atoms with Gasteiger partial charge in [0.1, 0.15) is 0 Å². The van der Waals surface area contributed by atoms with E-state index in [9.17, 15) is 10.1 Å². The molecular weight excluding hydrogens is 344 g/mol. The summed E-state index contributed by atoms with van der Waals surface area (Å²) >= 11 is 6.16. The number of hydrogen-bond donors (Lipinski definition) is 0. The fraction of sp³-hybridized carbons (Fsp3) is 0. The molecule has 8 nitrogen and oxygen atoms in total. The molecule has 122 valence electrons. The van der Waals surface area contributed by atoms with Crippen molar-refractivity contribution in [3.63, 3.8) is 0 Å². The van der Waals surface area contributed by atoms with Crippen molar-refractivity contribution >= 4 is 46.1 Å². The molecule has 0 N–H and O–H groups in total. The Morgan fingerprint density at radius 1 is 1.16 bits per heavy atom. The maximum absolute atomic E-state index is 10.9. The topological polar surface area (TPSA) is 98.6 Å². The van der Waals surface area contributed by atoms with Gasteiger partial charge in [-0.2, -0.15) is 0 Å². The maximum Gasteiger partial charge on any atom is 0.270 e. The number of benzene rings is 2. The van der Waals surface area contributed by atoms with E-state index in [1.807, 2.05) is 24.3 Å². The molecule has 0 radical (unpaired) electrons. The van der Waals surface area contributed by atoms with E-state index in [2.05, 4.69) is 20.2 Å². The summed E-state index contributed by atoms with van der Waals surface area (Å²) in [7, 11) is 0. The molecule has 4 rings (SSSR count). The van der Waals surface area contributed by atoms with E-state index in [4.69, 9.17) is 11.6 Å². The van der Waals surface area contributed by atoms with E-state index in [1.165, 1.54) is 18.3 Å². The van der Waals surface area contributed by atoms with Gasteiger partial charge in [0.15, 0.2) is 5.15 Å². The predicted molar refractivity (Wildman–Crippen MR) is 93.6 cm³/mol. The average molecular weight is 353 g/mol. The average Bonchev–Trinajstić information content (AvgIpc) is 3.05. The number of hydrogen-bond acceptors (Lipinski definition) is 6. The van der Waals surface area contributed by atoms with Crippen LogP contribution in [0.2, 0.25) is 5.15 Å². The molecule has 0 spiro atoms. The lowest BCUT2D eigenvalue weighted by molar-refractivity contribution is -0.384. The third kappa shape index (κ3) is 2.68. The van der Waals surface area contributed by atoms with Crippen LogP contribution < -0.4 is 0 Å². The van der Waals surface area contributed by atoms with Crippen LogP contribution in [0.4, 0.5) is 11.6 Å². The number of nitrogens with zero attached hydrogens (tertiary/aromatic N) is 6. The van der Waals surface area contributed by atoms with Gasteiger partial charge in [-0.15, -0.1) is 10.2 Å². The first-order valence-electron chi connectivity index (χ1n) is 7.21. The molecule has 0 aliphatic heterocycles. The fourth-order valence-corrected chi connectivity index (χ4v) is 2.68. The van der Waals surface area contributed by atoms with Crippen LogP contribution in [0.5, 0.6) is 0 Å². The maximum atomic E-state index is 10.9. The molecule has 0 amide bonds. The number of nitro groups is 1. The van der Waals surface area contributed by atoms with Crippen molar-refractivity contribution in [1.29, 1.82) is 0 Å². The van der Waals surface area contributed by atoms with Gasteiger partial charge in [-0.3, -0.25) is 14.5 Å². The predicted octanol–water partition coefficient (Wildman–Crippen LogP) is 3.59. The molecule has 4 aromatic rings. The fourth-order valence-electron chi connectivity index (χ4n) is 2.47. The first-order chi connectivity index (χ1) is 12.1. The van der Waals surface area contributed by atoms with Crippen molar-refractivity contribution in [1.82, 2.24) is 19.6 Å². The molecule has 0 aliphatic rings. The Labute approximate surface area is 145 Å². The normalized spacial score (nSPS) is 11.6. The Hall–Kier alpha value is -3.39.